The molecule has 35 heavy (non-hydrogen) atoms. The molecule has 1 N–H and O–H groups in total. The van der Waals surface area contributed by atoms with E-state index in [9.17, 15) is 13.2 Å². The van der Waals surface area contributed by atoms with Crippen LogP contribution in [0.15, 0.2) is 52.4 Å². The molecule has 3 rings (SSSR count). The van der Waals surface area contributed by atoms with E-state index in [2.05, 4.69) is 10.3 Å². The molecule has 0 spiro atoms. The smallest absolute Gasteiger partial charge is 0.248 e. The van der Waals surface area contributed by atoms with Gasteiger partial charge in [0.2, 0.25) is 15.9 Å². The van der Waals surface area contributed by atoms with Crippen LogP contribution in [-0.2, 0) is 26.1 Å². The number of amidine groups is 1. The van der Waals surface area contributed by atoms with Crippen LogP contribution in [0, 0.1) is 0 Å². The minimum atomic E-state index is -3.81. The van der Waals surface area contributed by atoms with E-state index < -0.39 is 10.0 Å². The Balaban J connectivity index is 1.46. The first-order chi connectivity index (χ1) is 16.8. The second-order valence-corrected chi connectivity index (χ2v) is 10.0. The molecule has 1 heterocycles. The highest BCUT2D eigenvalue weighted by molar-refractivity contribution is 7.89. The number of aliphatic imine (C=N–C) groups is 1. The highest BCUT2D eigenvalue weighted by atomic mass is 32.2. The minimum Gasteiger partial charge on any atom is -0.497 e. The van der Waals surface area contributed by atoms with Gasteiger partial charge in [-0.15, -0.1) is 0 Å². The molecule has 11 heteroatoms. The maximum atomic E-state index is 12.9. The number of benzene rings is 2. The Morgan fingerprint density at radius 2 is 1.83 bits per heavy atom. The summed E-state index contributed by atoms with van der Waals surface area (Å²) in [6.07, 6.45) is 0. The monoisotopic (exact) mass is 504 g/mol. The largest absolute Gasteiger partial charge is 0.497 e. The van der Waals surface area contributed by atoms with Crippen molar-refractivity contribution in [3.8, 4) is 11.5 Å². The van der Waals surface area contributed by atoms with E-state index in [1.165, 1.54) is 33.4 Å². The fourth-order valence-corrected chi connectivity index (χ4v) is 4.75. The number of carbonyl (C=O) groups excluding carboxylic acids is 1. The average Bonchev–Trinajstić information content (AvgIpc) is 3.41. The third-order valence-corrected chi connectivity index (χ3v) is 7.48. The van der Waals surface area contributed by atoms with Gasteiger partial charge in [0, 0.05) is 45.4 Å². The van der Waals surface area contributed by atoms with E-state index in [0.29, 0.717) is 12.3 Å². The van der Waals surface area contributed by atoms with Gasteiger partial charge in [-0.3, -0.25) is 9.79 Å². The highest BCUT2D eigenvalue weighted by Crippen LogP contribution is 2.30. The number of amides is 1. The standard InChI is InChI=1S/C24H32N4O6S/c1-27(16-18-5-7-19(8-6-18)24-25-11-12-26-24)23(29)17-34-14-13-28(2)35(30,31)22-10-9-20(32-3)15-21(22)33-4/h5-10,15H,11-14,16-17H2,1-4H3,(H,25,26). The van der Waals surface area contributed by atoms with Crippen LogP contribution in [0.25, 0.3) is 0 Å². The van der Waals surface area contributed by atoms with E-state index in [1.54, 1.807) is 18.0 Å². The van der Waals surface area contributed by atoms with Crippen LogP contribution in [0.5, 0.6) is 11.5 Å². The molecule has 0 unspecified atom stereocenters. The Morgan fingerprint density at radius 3 is 2.46 bits per heavy atom. The summed E-state index contributed by atoms with van der Waals surface area (Å²) < 4.78 is 42.8. The van der Waals surface area contributed by atoms with E-state index in [4.69, 9.17) is 14.2 Å². The zero-order valence-electron chi connectivity index (χ0n) is 20.5. The summed E-state index contributed by atoms with van der Waals surface area (Å²) in [6, 6.07) is 12.4. The van der Waals surface area contributed by atoms with Gasteiger partial charge in [0.1, 0.15) is 28.8 Å². The first-order valence-electron chi connectivity index (χ1n) is 11.1. The summed E-state index contributed by atoms with van der Waals surface area (Å²) in [5.74, 6) is 1.38. The van der Waals surface area contributed by atoms with E-state index in [0.717, 1.165) is 34.4 Å². The lowest BCUT2D eigenvalue weighted by Gasteiger charge is -2.20. The van der Waals surface area contributed by atoms with Crippen LogP contribution in [-0.4, -0.2) is 90.5 Å². The van der Waals surface area contributed by atoms with E-state index >= 15 is 0 Å². The van der Waals surface area contributed by atoms with Crippen molar-refractivity contribution in [2.45, 2.75) is 11.4 Å². The van der Waals surface area contributed by atoms with Crippen LogP contribution in [0.2, 0.25) is 0 Å². The SMILES string of the molecule is COc1ccc(S(=O)(=O)N(C)CCOCC(=O)N(C)Cc2ccc(C3=NCCN3)cc2)c(OC)c1. The van der Waals surface area contributed by atoms with Gasteiger partial charge in [0.25, 0.3) is 0 Å². The molecule has 1 amide bonds. The van der Waals surface area contributed by atoms with Crippen molar-refractivity contribution in [1.29, 1.82) is 0 Å². The molecule has 2 aromatic rings. The van der Waals surface area contributed by atoms with Crippen LogP contribution >= 0.6 is 0 Å². The topological polar surface area (TPSA) is 110 Å². The predicted octanol–water partition coefficient (Wildman–Crippen LogP) is 1.35. The summed E-state index contributed by atoms with van der Waals surface area (Å²) in [7, 11) is 2.23. The number of hydrogen-bond donors (Lipinski definition) is 1. The van der Waals surface area contributed by atoms with Crippen LogP contribution in [0.4, 0.5) is 0 Å². The van der Waals surface area contributed by atoms with Crippen LogP contribution < -0.4 is 14.8 Å². The molecule has 0 atom stereocenters. The molecule has 0 fully saturated rings. The van der Waals surface area contributed by atoms with Crippen molar-refractivity contribution in [2.75, 3.05) is 61.2 Å². The molecule has 1 aliphatic heterocycles. The van der Waals surface area contributed by atoms with Gasteiger partial charge in [-0.05, 0) is 17.7 Å². The number of likely N-dealkylation sites (N-methyl/N-ethyl adjacent to an activating group) is 2. The summed E-state index contributed by atoms with van der Waals surface area (Å²) in [5.41, 5.74) is 2.01. The van der Waals surface area contributed by atoms with Gasteiger partial charge in [0.05, 0.1) is 27.4 Å². The Bertz CT molecular complexity index is 1150. The van der Waals surface area contributed by atoms with Gasteiger partial charge in [0.15, 0.2) is 0 Å². The van der Waals surface area contributed by atoms with Crippen LogP contribution in [0.3, 0.4) is 0 Å². The fraction of sp³-hybridized carbons (Fsp3) is 0.417. The zero-order valence-corrected chi connectivity index (χ0v) is 21.3. The number of rotatable bonds is 12. The molecule has 0 saturated heterocycles. The third kappa shape index (κ3) is 6.71. The summed E-state index contributed by atoms with van der Waals surface area (Å²) in [4.78, 5) is 18.4. The Kier molecular flexibility index (Phi) is 9.07. The molecule has 0 bridgehead atoms. The summed E-state index contributed by atoms with van der Waals surface area (Å²) in [6.45, 7) is 2.08. The van der Waals surface area contributed by atoms with Crippen molar-refractivity contribution in [3.63, 3.8) is 0 Å². The molecular weight excluding hydrogens is 472 g/mol. The van der Waals surface area contributed by atoms with Crippen molar-refractivity contribution in [3.05, 3.63) is 53.6 Å². The summed E-state index contributed by atoms with van der Waals surface area (Å²) >= 11 is 0. The van der Waals surface area contributed by atoms with E-state index in [-0.39, 0.29) is 36.3 Å². The normalized spacial score (nSPS) is 13.3. The average molecular weight is 505 g/mol. The molecule has 190 valence electrons. The van der Waals surface area contributed by atoms with Gasteiger partial charge >= 0.3 is 0 Å². The maximum absolute atomic E-state index is 12.9. The molecular formula is C24H32N4O6S. The predicted molar refractivity (Wildman–Crippen MR) is 133 cm³/mol. The van der Waals surface area contributed by atoms with Crippen molar-refractivity contribution in [1.82, 2.24) is 14.5 Å². The molecule has 10 nitrogen and oxygen atoms in total. The molecule has 0 aliphatic carbocycles. The zero-order chi connectivity index (χ0) is 25.4. The van der Waals surface area contributed by atoms with Crippen molar-refractivity contribution in [2.24, 2.45) is 4.99 Å². The molecule has 0 saturated carbocycles. The van der Waals surface area contributed by atoms with E-state index in [1.807, 2.05) is 24.3 Å². The number of carbonyl (C=O) groups is 1. The van der Waals surface area contributed by atoms with Gasteiger partial charge in [-0.1, -0.05) is 24.3 Å². The van der Waals surface area contributed by atoms with Crippen molar-refractivity contribution < 1.29 is 27.4 Å². The second kappa shape index (κ2) is 12.0. The third-order valence-electron chi connectivity index (χ3n) is 5.58. The second-order valence-electron chi connectivity index (χ2n) is 8.00. The summed E-state index contributed by atoms with van der Waals surface area (Å²) in [5, 5.41) is 3.23. The first kappa shape index (κ1) is 26.5. The molecule has 0 radical (unpaired) electrons. The van der Waals surface area contributed by atoms with Crippen LogP contribution in [0.1, 0.15) is 11.1 Å². The lowest BCUT2D eigenvalue weighted by Crippen LogP contribution is -2.33. The van der Waals surface area contributed by atoms with Gasteiger partial charge < -0.3 is 24.4 Å². The lowest BCUT2D eigenvalue weighted by atomic mass is 10.1. The molecule has 0 aromatic heterocycles. The lowest BCUT2D eigenvalue weighted by molar-refractivity contribution is -0.135. The highest BCUT2D eigenvalue weighted by Gasteiger charge is 2.25. The van der Waals surface area contributed by atoms with Gasteiger partial charge in [-0.2, -0.15) is 4.31 Å². The quantitative estimate of drug-likeness (QED) is 0.435. The van der Waals surface area contributed by atoms with Crippen molar-refractivity contribution >= 4 is 21.8 Å². The fourth-order valence-electron chi connectivity index (χ4n) is 3.46. The number of ether oxygens (including phenoxy) is 3. The molecule has 1 aliphatic rings. The number of hydrogen-bond acceptors (Lipinski definition) is 8. The number of sulfonamides is 1. The Morgan fingerprint density at radius 1 is 1.09 bits per heavy atom. The Labute approximate surface area is 206 Å². The Hall–Kier alpha value is -3.15. The molecule has 2 aromatic carbocycles. The first-order valence-corrected chi connectivity index (χ1v) is 12.6. The number of nitrogens with zero attached hydrogens (tertiary/aromatic N) is 3. The van der Waals surface area contributed by atoms with Gasteiger partial charge in [-0.25, -0.2) is 8.42 Å². The number of methoxy groups -OCH3 is 2. The maximum Gasteiger partial charge on any atom is 0.248 e. The minimum absolute atomic E-state index is 0.0286. The number of nitrogens with one attached hydrogen (secondary N) is 1.